The number of anilines is 4. The van der Waals surface area contributed by atoms with Crippen LogP contribution in [0, 0.1) is 0 Å². The van der Waals surface area contributed by atoms with Gasteiger partial charge in [0.25, 0.3) is 10.2 Å². The van der Waals surface area contributed by atoms with Gasteiger partial charge in [-0.25, -0.2) is 9.97 Å². The van der Waals surface area contributed by atoms with Crippen molar-refractivity contribution in [2.24, 2.45) is 0 Å². The van der Waals surface area contributed by atoms with E-state index in [2.05, 4.69) is 36.8 Å². The SMILES string of the molecule is CC(=O)N1CCN(c2cccc(Nc3ncc4cccc(-c5ccc(NS(=O)(=O)NC(C)(C)C)cc5)c4n3)c2)CC1. The molecule has 214 valence electrons. The van der Waals surface area contributed by atoms with E-state index in [9.17, 15) is 13.2 Å². The van der Waals surface area contributed by atoms with Gasteiger partial charge in [0.15, 0.2) is 0 Å². The lowest BCUT2D eigenvalue weighted by atomic mass is 10.0. The maximum absolute atomic E-state index is 12.4. The predicted molar refractivity (Wildman–Crippen MR) is 165 cm³/mol. The van der Waals surface area contributed by atoms with Gasteiger partial charge < -0.3 is 15.1 Å². The quantitative estimate of drug-likeness (QED) is 0.292. The first-order valence-electron chi connectivity index (χ1n) is 13.5. The molecule has 1 aliphatic heterocycles. The monoisotopic (exact) mass is 573 g/mol. The number of rotatable bonds is 7. The maximum Gasteiger partial charge on any atom is 0.299 e. The summed E-state index contributed by atoms with van der Waals surface area (Å²) in [7, 11) is -3.70. The van der Waals surface area contributed by atoms with Crippen LogP contribution in [0.2, 0.25) is 0 Å². The summed E-state index contributed by atoms with van der Waals surface area (Å²) in [6.07, 6.45) is 1.79. The number of hydrogen-bond acceptors (Lipinski definition) is 7. The van der Waals surface area contributed by atoms with Gasteiger partial charge >= 0.3 is 0 Å². The molecule has 1 amide bonds. The highest BCUT2D eigenvalue weighted by Gasteiger charge is 2.20. The number of nitrogens with zero attached hydrogens (tertiary/aromatic N) is 4. The largest absolute Gasteiger partial charge is 0.368 e. The molecular formula is C30H35N7O3S. The Morgan fingerprint density at radius 1 is 0.902 bits per heavy atom. The van der Waals surface area contributed by atoms with E-state index in [4.69, 9.17) is 4.98 Å². The smallest absolute Gasteiger partial charge is 0.299 e. The number of nitrogens with one attached hydrogen (secondary N) is 3. The minimum absolute atomic E-state index is 0.113. The standard InChI is InChI=1S/C30H35N7O3S/c1-21(38)36-15-17-37(18-16-36)26-9-6-8-25(19-26)32-29-31-20-23-7-5-10-27(28(23)33-29)22-11-13-24(14-12-22)34-41(39,40)35-30(2,3)4/h5-14,19-20,34-35H,15-18H2,1-4H3,(H,31,32,33). The molecule has 0 atom stereocenters. The minimum atomic E-state index is -3.70. The summed E-state index contributed by atoms with van der Waals surface area (Å²) in [5.41, 5.74) is 4.41. The Morgan fingerprint density at radius 3 is 2.29 bits per heavy atom. The van der Waals surface area contributed by atoms with Crippen LogP contribution in [0.15, 0.2) is 72.9 Å². The van der Waals surface area contributed by atoms with Crippen LogP contribution >= 0.6 is 0 Å². The van der Waals surface area contributed by atoms with Crippen LogP contribution < -0.4 is 19.7 Å². The van der Waals surface area contributed by atoms with Crippen molar-refractivity contribution in [2.75, 3.05) is 41.1 Å². The van der Waals surface area contributed by atoms with Crippen LogP contribution in [0.3, 0.4) is 0 Å². The molecule has 11 heteroatoms. The van der Waals surface area contributed by atoms with Crippen molar-refractivity contribution in [1.29, 1.82) is 0 Å². The summed E-state index contributed by atoms with van der Waals surface area (Å²) in [6, 6.07) is 21.2. The van der Waals surface area contributed by atoms with E-state index in [0.717, 1.165) is 46.5 Å². The lowest BCUT2D eigenvalue weighted by molar-refractivity contribution is -0.129. The Balaban J connectivity index is 1.35. The number of hydrogen-bond donors (Lipinski definition) is 3. The number of aromatic nitrogens is 2. The first-order chi connectivity index (χ1) is 19.5. The van der Waals surface area contributed by atoms with Gasteiger partial charge in [-0.3, -0.25) is 9.52 Å². The third-order valence-electron chi connectivity index (χ3n) is 6.69. The number of fused-ring (bicyclic) bond motifs is 1. The van der Waals surface area contributed by atoms with E-state index in [1.165, 1.54) is 0 Å². The summed E-state index contributed by atoms with van der Waals surface area (Å²) in [4.78, 5) is 25.2. The van der Waals surface area contributed by atoms with Gasteiger partial charge in [0.05, 0.1) is 5.52 Å². The zero-order chi connectivity index (χ0) is 29.2. The number of para-hydroxylation sites is 1. The van der Waals surface area contributed by atoms with Crippen molar-refractivity contribution in [1.82, 2.24) is 19.6 Å². The predicted octanol–water partition coefficient (Wildman–Crippen LogP) is 4.75. The number of carbonyl (C=O) groups excluding carboxylic acids is 1. The number of amides is 1. The van der Waals surface area contributed by atoms with Crippen LogP contribution in [0.1, 0.15) is 27.7 Å². The fourth-order valence-corrected chi connectivity index (χ4v) is 6.14. The van der Waals surface area contributed by atoms with Crippen molar-refractivity contribution < 1.29 is 13.2 Å². The van der Waals surface area contributed by atoms with Gasteiger partial charge in [-0.1, -0.05) is 36.4 Å². The molecule has 2 heterocycles. The van der Waals surface area contributed by atoms with E-state index in [0.29, 0.717) is 24.7 Å². The Kier molecular flexibility index (Phi) is 7.83. The van der Waals surface area contributed by atoms with Crippen molar-refractivity contribution >= 4 is 50.0 Å². The van der Waals surface area contributed by atoms with Crippen molar-refractivity contribution in [2.45, 2.75) is 33.2 Å². The summed E-state index contributed by atoms with van der Waals surface area (Å²) in [5.74, 6) is 0.586. The number of piperazine rings is 1. The molecule has 10 nitrogen and oxygen atoms in total. The summed E-state index contributed by atoms with van der Waals surface area (Å²) < 4.78 is 30.0. The second-order valence-corrected chi connectivity index (χ2v) is 12.6. The average Bonchev–Trinajstić information content (AvgIpc) is 2.92. The number of benzene rings is 3. The van der Waals surface area contributed by atoms with Crippen molar-refractivity contribution in [3.05, 3.63) is 72.9 Å². The molecule has 1 fully saturated rings. The van der Waals surface area contributed by atoms with Gasteiger partial charge in [-0.15, -0.1) is 0 Å². The Labute approximate surface area is 241 Å². The third kappa shape index (κ3) is 7.11. The first kappa shape index (κ1) is 28.3. The fourth-order valence-electron chi connectivity index (χ4n) is 4.84. The molecule has 0 saturated carbocycles. The highest BCUT2D eigenvalue weighted by atomic mass is 32.2. The van der Waals surface area contributed by atoms with E-state index in [1.807, 2.05) is 47.4 Å². The molecule has 5 rings (SSSR count). The zero-order valence-corrected chi connectivity index (χ0v) is 24.5. The van der Waals surface area contributed by atoms with Gasteiger partial charge in [0.2, 0.25) is 11.9 Å². The van der Waals surface area contributed by atoms with Crippen LogP contribution in [0.25, 0.3) is 22.0 Å². The van der Waals surface area contributed by atoms with Gasteiger partial charge in [0.1, 0.15) is 0 Å². The third-order valence-corrected chi connectivity index (χ3v) is 8.08. The Hall–Kier alpha value is -4.22. The first-order valence-corrected chi connectivity index (χ1v) is 15.0. The minimum Gasteiger partial charge on any atom is -0.368 e. The summed E-state index contributed by atoms with van der Waals surface area (Å²) >= 11 is 0. The lowest BCUT2D eigenvalue weighted by Gasteiger charge is -2.35. The van der Waals surface area contributed by atoms with Gasteiger partial charge in [-0.2, -0.15) is 13.1 Å². The van der Waals surface area contributed by atoms with E-state index in [-0.39, 0.29) is 5.91 Å². The topological polar surface area (TPSA) is 120 Å². The molecule has 4 aromatic rings. The van der Waals surface area contributed by atoms with E-state index < -0.39 is 15.7 Å². The normalized spacial score (nSPS) is 14.2. The molecule has 1 saturated heterocycles. The lowest BCUT2D eigenvalue weighted by Crippen LogP contribution is -2.48. The molecular weight excluding hydrogens is 538 g/mol. The van der Waals surface area contributed by atoms with Crippen LogP contribution in [0.4, 0.5) is 23.0 Å². The van der Waals surface area contributed by atoms with Gasteiger partial charge in [0, 0.05) is 72.9 Å². The second-order valence-electron chi connectivity index (χ2n) is 11.1. The molecule has 0 aliphatic carbocycles. The highest BCUT2D eigenvalue weighted by molar-refractivity contribution is 7.90. The van der Waals surface area contributed by atoms with E-state index in [1.54, 1.807) is 46.0 Å². The average molecular weight is 574 g/mol. The second kappa shape index (κ2) is 11.3. The molecule has 3 aromatic carbocycles. The molecule has 3 N–H and O–H groups in total. The van der Waals surface area contributed by atoms with Crippen molar-refractivity contribution in [3.8, 4) is 11.1 Å². The molecule has 0 bridgehead atoms. The fraction of sp³-hybridized carbons (Fsp3) is 0.300. The highest BCUT2D eigenvalue weighted by Crippen LogP contribution is 2.30. The molecule has 0 radical (unpaired) electrons. The van der Waals surface area contributed by atoms with Crippen LogP contribution in [-0.4, -0.2) is 60.9 Å². The maximum atomic E-state index is 12.4. The Bertz CT molecular complexity index is 1660. The number of carbonyl (C=O) groups is 1. The van der Waals surface area contributed by atoms with Crippen LogP contribution in [0.5, 0.6) is 0 Å². The Morgan fingerprint density at radius 2 is 1.61 bits per heavy atom. The molecule has 0 spiro atoms. The molecule has 0 unspecified atom stereocenters. The molecule has 41 heavy (non-hydrogen) atoms. The summed E-state index contributed by atoms with van der Waals surface area (Å²) in [6.45, 7) is 9.97. The van der Waals surface area contributed by atoms with Crippen molar-refractivity contribution in [3.63, 3.8) is 0 Å². The van der Waals surface area contributed by atoms with E-state index >= 15 is 0 Å². The van der Waals surface area contributed by atoms with Gasteiger partial charge in [-0.05, 0) is 56.7 Å². The summed E-state index contributed by atoms with van der Waals surface area (Å²) in [5, 5.41) is 4.23. The molecule has 1 aromatic heterocycles. The molecule has 1 aliphatic rings. The zero-order valence-electron chi connectivity index (χ0n) is 23.7. The van der Waals surface area contributed by atoms with Crippen LogP contribution in [-0.2, 0) is 15.0 Å².